The van der Waals surface area contributed by atoms with Gasteiger partial charge >= 0.3 is 0 Å². The molecule has 3 N–H and O–H groups in total. The number of aryl methyl sites for hydroxylation is 1. The van der Waals surface area contributed by atoms with Crippen molar-refractivity contribution in [1.82, 2.24) is 9.97 Å². The van der Waals surface area contributed by atoms with E-state index < -0.39 is 0 Å². The maximum Gasteiger partial charge on any atom is 0.259 e. The molecule has 0 amide bonds. The first-order chi connectivity index (χ1) is 12.2. The Labute approximate surface area is 148 Å². The lowest BCUT2D eigenvalue weighted by atomic mass is 10.1. The topological polar surface area (TPSA) is 84.9 Å². The Morgan fingerprint density at radius 2 is 2.04 bits per heavy atom. The summed E-state index contributed by atoms with van der Waals surface area (Å²) in [5, 5.41) is 3.09. The molecule has 0 radical (unpaired) electrons. The molecule has 2 heterocycles. The predicted octanol–water partition coefficient (Wildman–Crippen LogP) is 3.88. The number of rotatable bonds is 4. The van der Waals surface area contributed by atoms with Crippen molar-refractivity contribution in [3.05, 3.63) is 63.8 Å². The van der Waals surface area contributed by atoms with Crippen LogP contribution in [-0.4, -0.2) is 16.5 Å². The second-order valence-electron chi connectivity index (χ2n) is 5.93. The number of hydrogen-bond donors (Lipinski definition) is 2. The van der Waals surface area contributed by atoms with Crippen molar-refractivity contribution in [1.29, 1.82) is 0 Å². The van der Waals surface area contributed by atoms with Gasteiger partial charge in [0.15, 0.2) is 0 Å². The van der Waals surface area contributed by atoms with Crippen molar-refractivity contribution in [2.24, 2.45) is 5.73 Å². The third-order valence-corrected chi connectivity index (χ3v) is 4.47. The highest BCUT2D eigenvalue weighted by molar-refractivity contribution is 6.31. The summed E-state index contributed by atoms with van der Waals surface area (Å²) >= 11 is 6.03. The van der Waals surface area contributed by atoms with Gasteiger partial charge in [-0.1, -0.05) is 23.7 Å². The summed E-state index contributed by atoms with van der Waals surface area (Å²) in [6.45, 7) is 0.613. The number of nitrogens with zero attached hydrogens (tertiary/aromatic N) is 1. The minimum Gasteiger partial charge on any atom is -0.468 e. The number of H-pyrrole nitrogens is 1. The number of aromatic amines is 1. The summed E-state index contributed by atoms with van der Waals surface area (Å²) in [6.07, 6.45) is 3.37. The molecule has 2 aromatic heterocycles. The van der Waals surface area contributed by atoms with E-state index in [0.29, 0.717) is 28.3 Å². The van der Waals surface area contributed by atoms with Gasteiger partial charge in [0.25, 0.3) is 5.56 Å². The highest BCUT2D eigenvalue weighted by Crippen LogP contribution is 2.27. The van der Waals surface area contributed by atoms with Crippen LogP contribution >= 0.6 is 11.6 Å². The second-order valence-corrected chi connectivity index (χ2v) is 6.37. The van der Waals surface area contributed by atoms with Crippen LogP contribution < -0.4 is 11.3 Å². The summed E-state index contributed by atoms with van der Waals surface area (Å²) in [5.41, 5.74) is 6.79. The number of hydrogen-bond acceptors (Lipinski definition) is 4. The molecule has 0 atom stereocenters. The van der Waals surface area contributed by atoms with E-state index in [2.05, 4.69) is 9.97 Å². The normalized spacial score (nSPS) is 11.4. The van der Waals surface area contributed by atoms with E-state index in [1.54, 1.807) is 24.5 Å². The van der Waals surface area contributed by atoms with E-state index in [0.717, 1.165) is 34.9 Å². The SMILES string of the molecule is NCCCc1occ2ccc(-c3nc4cc(Cl)ccc4c(=O)[nH]3)cc12. The number of halogens is 1. The quantitative estimate of drug-likeness (QED) is 0.583. The molecule has 0 fully saturated rings. The number of benzene rings is 2. The summed E-state index contributed by atoms with van der Waals surface area (Å²) in [7, 11) is 0. The average Bonchev–Trinajstić information content (AvgIpc) is 3.01. The maximum absolute atomic E-state index is 12.3. The van der Waals surface area contributed by atoms with Gasteiger partial charge in [0.05, 0.1) is 17.2 Å². The number of nitrogens with one attached hydrogen (secondary N) is 1. The van der Waals surface area contributed by atoms with Gasteiger partial charge in [-0.3, -0.25) is 4.79 Å². The van der Waals surface area contributed by atoms with Gasteiger partial charge in [-0.05, 0) is 37.2 Å². The van der Waals surface area contributed by atoms with Crippen LogP contribution in [0.25, 0.3) is 33.1 Å². The van der Waals surface area contributed by atoms with Crippen LogP contribution in [0.3, 0.4) is 0 Å². The molecule has 5 nitrogen and oxygen atoms in total. The summed E-state index contributed by atoms with van der Waals surface area (Å²) in [6, 6.07) is 10.9. The zero-order valence-electron chi connectivity index (χ0n) is 13.4. The highest BCUT2D eigenvalue weighted by atomic mass is 35.5. The van der Waals surface area contributed by atoms with E-state index in [-0.39, 0.29) is 5.56 Å². The van der Waals surface area contributed by atoms with Gasteiger partial charge in [0.2, 0.25) is 0 Å². The zero-order valence-corrected chi connectivity index (χ0v) is 14.1. The molecule has 4 rings (SSSR count). The molecule has 0 saturated carbocycles. The lowest BCUT2D eigenvalue weighted by molar-refractivity contribution is 0.509. The van der Waals surface area contributed by atoms with Crippen molar-refractivity contribution in [3.8, 4) is 11.4 Å². The zero-order chi connectivity index (χ0) is 17.4. The Bertz CT molecular complexity index is 1130. The second kappa shape index (κ2) is 6.35. The lowest BCUT2D eigenvalue weighted by Crippen LogP contribution is -2.09. The van der Waals surface area contributed by atoms with Crippen molar-refractivity contribution in [2.75, 3.05) is 6.54 Å². The Morgan fingerprint density at radius 3 is 2.88 bits per heavy atom. The summed E-state index contributed by atoms with van der Waals surface area (Å²) in [4.78, 5) is 19.7. The molecular weight excluding hydrogens is 338 g/mol. The van der Waals surface area contributed by atoms with E-state index in [1.807, 2.05) is 18.2 Å². The molecule has 0 saturated heterocycles. The minimum absolute atomic E-state index is 0.188. The lowest BCUT2D eigenvalue weighted by Gasteiger charge is -2.04. The molecule has 2 aromatic carbocycles. The number of furan rings is 1. The molecule has 0 bridgehead atoms. The molecule has 4 aromatic rings. The van der Waals surface area contributed by atoms with Crippen molar-refractivity contribution >= 4 is 33.3 Å². The number of aromatic nitrogens is 2. The smallest absolute Gasteiger partial charge is 0.259 e. The minimum atomic E-state index is -0.188. The standard InChI is InChI=1S/C19H16ClN3O2/c20-13-5-6-14-16(9-13)22-18(23-19(14)24)11-3-4-12-10-25-17(2-1-7-21)15(12)8-11/h3-6,8-10H,1-2,7,21H2,(H,22,23,24). The van der Waals surface area contributed by atoms with Crippen molar-refractivity contribution < 1.29 is 4.42 Å². The molecule has 25 heavy (non-hydrogen) atoms. The summed E-state index contributed by atoms with van der Waals surface area (Å²) in [5.74, 6) is 1.40. The van der Waals surface area contributed by atoms with Crippen LogP contribution in [0.15, 0.2) is 51.9 Å². The largest absolute Gasteiger partial charge is 0.468 e. The first kappa shape index (κ1) is 15.9. The van der Waals surface area contributed by atoms with Gasteiger partial charge in [-0.15, -0.1) is 0 Å². The van der Waals surface area contributed by atoms with E-state index in [9.17, 15) is 4.79 Å². The van der Waals surface area contributed by atoms with E-state index >= 15 is 0 Å². The van der Waals surface area contributed by atoms with Crippen molar-refractivity contribution in [3.63, 3.8) is 0 Å². The monoisotopic (exact) mass is 353 g/mol. The fourth-order valence-electron chi connectivity index (χ4n) is 2.95. The Kier molecular flexibility index (Phi) is 4.03. The Hall–Kier alpha value is -2.63. The average molecular weight is 354 g/mol. The first-order valence-electron chi connectivity index (χ1n) is 8.06. The third-order valence-electron chi connectivity index (χ3n) is 4.23. The predicted molar refractivity (Wildman–Crippen MR) is 100.0 cm³/mol. The van der Waals surface area contributed by atoms with Gasteiger partial charge in [-0.25, -0.2) is 4.98 Å². The van der Waals surface area contributed by atoms with E-state index in [4.69, 9.17) is 21.8 Å². The van der Waals surface area contributed by atoms with Gasteiger partial charge in [0.1, 0.15) is 11.6 Å². The number of nitrogens with two attached hydrogens (primary N) is 1. The van der Waals surface area contributed by atoms with Crippen molar-refractivity contribution in [2.45, 2.75) is 12.8 Å². The maximum atomic E-state index is 12.3. The van der Waals surface area contributed by atoms with Crippen LogP contribution in [0, 0.1) is 0 Å². The molecule has 0 aliphatic carbocycles. The molecular formula is C19H16ClN3O2. The molecule has 0 unspecified atom stereocenters. The van der Waals surface area contributed by atoms with Crippen LogP contribution in [0.1, 0.15) is 12.2 Å². The molecule has 0 aliphatic heterocycles. The highest BCUT2D eigenvalue weighted by Gasteiger charge is 2.11. The molecule has 0 spiro atoms. The Balaban J connectivity index is 1.86. The van der Waals surface area contributed by atoms with Crippen LogP contribution in [0.4, 0.5) is 0 Å². The fraction of sp³-hybridized carbons (Fsp3) is 0.158. The molecule has 6 heteroatoms. The van der Waals surface area contributed by atoms with Crippen LogP contribution in [-0.2, 0) is 6.42 Å². The van der Waals surface area contributed by atoms with Crippen LogP contribution in [0.2, 0.25) is 5.02 Å². The third kappa shape index (κ3) is 2.92. The molecule has 126 valence electrons. The van der Waals surface area contributed by atoms with Gasteiger partial charge < -0.3 is 15.1 Å². The van der Waals surface area contributed by atoms with Gasteiger partial charge in [-0.2, -0.15) is 0 Å². The summed E-state index contributed by atoms with van der Waals surface area (Å²) < 4.78 is 5.65. The van der Waals surface area contributed by atoms with Gasteiger partial charge in [0, 0.05) is 27.8 Å². The fourth-order valence-corrected chi connectivity index (χ4v) is 3.12. The Morgan fingerprint density at radius 1 is 1.16 bits per heavy atom. The molecule has 0 aliphatic rings. The van der Waals surface area contributed by atoms with Crippen LogP contribution in [0.5, 0.6) is 0 Å². The van der Waals surface area contributed by atoms with E-state index in [1.165, 1.54) is 0 Å². The number of fused-ring (bicyclic) bond motifs is 2. The first-order valence-corrected chi connectivity index (χ1v) is 8.43.